The summed E-state index contributed by atoms with van der Waals surface area (Å²) in [4.78, 5) is 10.6. The molecule has 0 heterocycles. The Morgan fingerprint density at radius 1 is 0.680 bits per heavy atom. The Hall–Kier alpha value is -1.31. The molecule has 2 heteroatoms. The van der Waals surface area contributed by atoms with Crippen molar-refractivity contribution < 1.29 is 4.79 Å². The van der Waals surface area contributed by atoms with Crippen LogP contribution in [0.25, 0.3) is 0 Å². The second-order valence-electron chi connectivity index (χ2n) is 7.26. The number of anilines is 1. The molecule has 0 saturated carbocycles. The van der Waals surface area contributed by atoms with Crippen LogP contribution < -0.4 is 5.32 Å². The lowest BCUT2D eigenvalue weighted by atomic mass is 10.0. The Kier molecular flexibility index (Phi) is 14.1. The Bertz CT molecular complexity index is 413. The second kappa shape index (κ2) is 16.2. The first-order valence-corrected chi connectivity index (χ1v) is 10.7. The minimum atomic E-state index is 0.738. The average molecular weight is 346 g/mol. The van der Waals surface area contributed by atoms with Gasteiger partial charge in [-0.05, 0) is 30.7 Å². The van der Waals surface area contributed by atoms with Crippen LogP contribution in [-0.4, -0.2) is 12.8 Å². The molecule has 0 aliphatic rings. The van der Waals surface area contributed by atoms with Crippen LogP contribution in [0.4, 0.5) is 5.69 Å². The molecule has 0 aliphatic heterocycles. The summed E-state index contributed by atoms with van der Waals surface area (Å²) in [7, 11) is 0. The molecule has 0 radical (unpaired) electrons. The fourth-order valence-electron chi connectivity index (χ4n) is 3.23. The summed E-state index contributed by atoms with van der Waals surface area (Å²) in [5.41, 5.74) is 1.85. The normalized spacial score (nSPS) is 10.8. The highest BCUT2D eigenvalue weighted by atomic mass is 16.1. The van der Waals surface area contributed by atoms with Gasteiger partial charge in [0.25, 0.3) is 0 Å². The molecule has 0 spiro atoms. The molecule has 0 bridgehead atoms. The lowest BCUT2D eigenvalue weighted by molar-refractivity contribution is 0.112. The van der Waals surface area contributed by atoms with Crippen LogP contribution in [0.3, 0.4) is 0 Å². The van der Waals surface area contributed by atoms with Crippen LogP contribution in [0.5, 0.6) is 0 Å². The maximum absolute atomic E-state index is 10.6. The van der Waals surface area contributed by atoms with E-state index in [4.69, 9.17) is 0 Å². The van der Waals surface area contributed by atoms with Gasteiger partial charge in [-0.25, -0.2) is 0 Å². The molecule has 25 heavy (non-hydrogen) atoms. The molecule has 0 amide bonds. The predicted molar refractivity (Wildman–Crippen MR) is 111 cm³/mol. The molecular weight excluding hydrogens is 306 g/mol. The molecule has 2 nitrogen and oxygen atoms in total. The number of carbonyl (C=O) groups excluding carboxylic acids is 1. The Morgan fingerprint density at radius 2 is 1.12 bits per heavy atom. The van der Waals surface area contributed by atoms with Crippen molar-refractivity contribution in [3.05, 3.63) is 29.8 Å². The minimum Gasteiger partial charge on any atom is -0.385 e. The summed E-state index contributed by atoms with van der Waals surface area (Å²) in [6, 6.07) is 7.68. The first-order chi connectivity index (χ1) is 12.4. The number of hydrogen-bond acceptors (Lipinski definition) is 2. The smallest absolute Gasteiger partial charge is 0.150 e. The van der Waals surface area contributed by atoms with Gasteiger partial charge >= 0.3 is 0 Å². The van der Waals surface area contributed by atoms with Crippen molar-refractivity contribution in [2.24, 2.45) is 0 Å². The molecule has 1 aromatic carbocycles. The van der Waals surface area contributed by atoms with Gasteiger partial charge in [0.1, 0.15) is 6.29 Å². The first kappa shape index (κ1) is 21.7. The third-order valence-electron chi connectivity index (χ3n) is 4.91. The number of hydrogen-bond donors (Lipinski definition) is 1. The quantitative estimate of drug-likeness (QED) is 0.235. The lowest BCUT2D eigenvalue weighted by Gasteiger charge is -2.06. The van der Waals surface area contributed by atoms with Crippen molar-refractivity contribution in [3.8, 4) is 0 Å². The summed E-state index contributed by atoms with van der Waals surface area (Å²) in [5.74, 6) is 0. The van der Waals surface area contributed by atoms with Crippen LogP contribution in [0.2, 0.25) is 0 Å². The maximum atomic E-state index is 10.6. The minimum absolute atomic E-state index is 0.738. The summed E-state index contributed by atoms with van der Waals surface area (Å²) in [6.45, 7) is 3.31. The third kappa shape index (κ3) is 12.7. The van der Waals surface area contributed by atoms with E-state index in [9.17, 15) is 4.79 Å². The second-order valence-corrected chi connectivity index (χ2v) is 7.26. The largest absolute Gasteiger partial charge is 0.385 e. The van der Waals surface area contributed by atoms with E-state index in [0.29, 0.717) is 0 Å². The zero-order valence-electron chi connectivity index (χ0n) is 16.4. The molecule has 0 fully saturated rings. The van der Waals surface area contributed by atoms with Gasteiger partial charge in [0.15, 0.2) is 0 Å². The van der Waals surface area contributed by atoms with E-state index < -0.39 is 0 Å². The van der Waals surface area contributed by atoms with E-state index in [1.807, 2.05) is 24.3 Å². The zero-order chi connectivity index (χ0) is 18.0. The van der Waals surface area contributed by atoms with Gasteiger partial charge in [-0.3, -0.25) is 4.79 Å². The number of aldehydes is 1. The summed E-state index contributed by atoms with van der Waals surface area (Å²) in [6.07, 6.45) is 20.5. The van der Waals surface area contributed by atoms with Crippen LogP contribution in [0.1, 0.15) is 107 Å². The molecular formula is C23H39NO. The molecule has 142 valence electrons. The van der Waals surface area contributed by atoms with Gasteiger partial charge in [0, 0.05) is 17.8 Å². The van der Waals surface area contributed by atoms with E-state index in [-0.39, 0.29) is 0 Å². The SMILES string of the molecule is CCCCCCCCCCCCCCCCNc1ccc(C=O)cc1. The molecule has 1 N–H and O–H groups in total. The lowest BCUT2D eigenvalue weighted by Crippen LogP contribution is -2.01. The van der Waals surface area contributed by atoms with Crippen molar-refractivity contribution in [1.29, 1.82) is 0 Å². The average Bonchev–Trinajstić information content (AvgIpc) is 2.65. The van der Waals surface area contributed by atoms with Gasteiger partial charge in [-0.2, -0.15) is 0 Å². The Labute approximate surface area is 155 Å². The van der Waals surface area contributed by atoms with Crippen LogP contribution in [-0.2, 0) is 0 Å². The van der Waals surface area contributed by atoms with Crippen LogP contribution in [0, 0.1) is 0 Å². The highest BCUT2D eigenvalue weighted by Crippen LogP contribution is 2.13. The Balaban J connectivity index is 1.79. The van der Waals surface area contributed by atoms with Crippen molar-refractivity contribution >= 4 is 12.0 Å². The highest BCUT2D eigenvalue weighted by molar-refractivity contribution is 5.75. The standard InChI is InChI=1S/C23H39NO/c1-2-3-4-5-6-7-8-9-10-11-12-13-14-15-20-24-23-18-16-22(21-25)17-19-23/h16-19,21,24H,2-15,20H2,1H3. The number of nitrogens with one attached hydrogen (secondary N) is 1. The molecule has 0 saturated heterocycles. The fraction of sp³-hybridized carbons (Fsp3) is 0.696. The molecule has 0 atom stereocenters. The molecule has 0 unspecified atom stereocenters. The molecule has 1 aromatic rings. The molecule has 1 rings (SSSR count). The maximum Gasteiger partial charge on any atom is 0.150 e. The number of rotatable bonds is 17. The summed E-state index contributed by atoms with van der Waals surface area (Å²) in [5, 5.41) is 3.42. The third-order valence-corrected chi connectivity index (χ3v) is 4.91. The van der Waals surface area contributed by atoms with Crippen molar-refractivity contribution in [3.63, 3.8) is 0 Å². The van der Waals surface area contributed by atoms with Crippen molar-refractivity contribution in [2.45, 2.75) is 96.8 Å². The van der Waals surface area contributed by atoms with E-state index in [0.717, 1.165) is 24.1 Å². The van der Waals surface area contributed by atoms with Crippen LogP contribution >= 0.6 is 0 Å². The summed E-state index contributed by atoms with van der Waals surface area (Å²) >= 11 is 0. The van der Waals surface area contributed by atoms with Crippen LogP contribution in [0.15, 0.2) is 24.3 Å². The highest BCUT2D eigenvalue weighted by Gasteiger charge is 1.95. The number of carbonyl (C=O) groups is 1. The van der Waals surface area contributed by atoms with Gasteiger partial charge < -0.3 is 5.32 Å². The van der Waals surface area contributed by atoms with Crippen molar-refractivity contribution in [1.82, 2.24) is 0 Å². The molecule has 0 aliphatic carbocycles. The predicted octanol–water partition coefficient (Wildman–Crippen LogP) is 7.39. The topological polar surface area (TPSA) is 29.1 Å². The number of benzene rings is 1. The monoisotopic (exact) mass is 345 g/mol. The van der Waals surface area contributed by atoms with Gasteiger partial charge in [0.2, 0.25) is 0 Å². The fourth-order valence-corrected chi connectivity index (χ4v) is 3.23. The van der Waals surface area contributed by atoms with E-state index in [1.54, 1.807) is 0 Å². The van der Waals surface area contributed by atoms with Gasteiger partial charge in [-0.15, -0.1) is 0 Å². The van der Waals surface area contributed by atoms with Gasteiger partial charge in [0.05, 0.1) is 0 Å². The summed E-state index contributed by atoms with van der Waals surface area (Å²) < 4.78 is 0. The van der Waals surface area contributed by atoms with Gasteiger partial charge in [-0.1, -0.05) is 90.4 Å². The van der Waals surface area contributed by atoms with E-state index in [2.05, 4.69) is 12.2 Å². The zero-order valence-corrected chi connectivity index (χ0v) is 16.4. The Morgan fingerprint density at radius 3 is 1.56 bits per heavy atom. The number of unbranched alkanes of at least 4 members (excludes halogenated alkanes) is 13. The van der Waals surface area contributed by atoms with E-state index >= 15 is 0 Å². The van der Waals surface area contributed by atoms with Crippen molar-refractivity contribution in [2.75, 3.05) is 11.9 Å². The van der Waals surface area contributed by atoms with E-state index in [1.165, 1.54) is 89.9 Å². The molecule has 0 aromatic heterocycles. The first-order valence-electron chi connectivity index (χ1n) is 10.7.